The lowest BCUT2D eigenvalue weighted by Crippen LogP contribution is -2.56. The number of ether oxygens (including phenoxy) is 1. The van der Waals surface area contributed by atoms with Crippen molar-refractivity contribution in [2.24, 2.45) is 0 Å². The average molecular weight is 408 g/mol. The van der Waals surface area contributed by atoms with Crippen LogP contribution in [0.1, 0.15) is 60.5 Å². The Morgan fingerprint density at radius 2 is 1.90 bits per heavy atom. The molecule has 0 bridgehead atoms. The van der Waals surface area contributed by atoms with Crippen LogP contribution in [0.3, 0.4) is 0 Å². The van der Waals surface area contributed by atoms with Gasteiger partial charge in [-0.3, -0.25) is 19.5 Å². The van der Waals surface area contributed by atoms with Crippen molar-refractivity contribution in [2.45, 2.75) is 63.8 Å². The largest absolute Gasteiger partial charge is 0.353 e. The summed E-state index contributed by atoms with van der Waals surface area (Å²) in [5, 5.41) is 2.96. The first-order chi connectivity index (χ1) is 14.6. The van der Waals surface area contributed by atoms with Gasteiger partial charge in [0.05, 0.1) is 6.61 Å². The van der Waals surface area contributed by atoms with Crippen LogP contribution in [0.15, 0.2) is 48.8 Å². The third kappa shape index (κ3) is 4.10. The molecule has 1 N–H and O–H groups in total. The van der Waals surface area contributed by atoms with E-state index < -0.39 is 11.8 Å². The van der Waals surface area contributed by atoms with Gasteiger partial charge in [-0.1, -0.05) is 31.5 Å². The standard InChI is InChI=1S/C24H29N3O3/c1-2-18-8-10-20(11-9-18)23(29)27-21(17-30-24(27)12-4-3-5-13-24)22(28)26-16-19-7-6-14-25-15-19/h6-11,14-15,21H,2-5,12-13,16-17H2,1H3,(H,26,28). The fraction of sp³-hybridized carbons (Fsp3) is 0.458. The van der Waals surface area contributed by atoms with Crippen molar-refractivity contribution >= 4 is 11.8 Å². The summed E-state index contributed by atoms with van der Waals surface area (Å²) in [5.74, 6) is -0.307. The van der Waals surface area contributed by atoms with Crippen LogP contribution in [0, 0.1) is 0 Å². The first-order valence-corrected chi connectivity index (χ1v) is 10.9. The first-order valence-electron chi connectivity index (χ1n) is 10.9. The third-order valence-corrected chi connectivity index (χ3v) is 6.22. The molecule has 0 radical (unpaired) electrons. The van der Waals surface area contributed by atoms with Crippen molar-refractivity contribution in [1.29, 1.82) is 0 Å². The number of aryl methyl sites for hydroxylation is 1. The lowest BCUT2D eigenvalue weighted by atomic mass is 9.89. The SMILES string of the molecule is CCc1ccc(C(=O)N2C(C(=O)NCc3cccnc3)COC23CCCCC3)cc1. The van der Waals surface area contributed by atoms with Gasteiger partial charge in [-0.2, -0.15) is 0 Å². The normalized spacial score (nSPS) is 20.3. The number of nitrogens with one attached hydrogen (secondary N) is 1. The lowest BCUT2D eigenvalue weighted by Gasteiger charge is -2.41. The van der Waals surface area contributed by atoms with Gasteiger partial charge in [0, 0.05) is 24.5 Å². The molecule has 2 aliphatic rings. The number of amides is 2. The monoisotopic (exact) mass is 407 g/mol. The van der Waals surface area contributed by atoms with E-state index in [0.717, 1.165) is 44.1 Å². The van der Waals surface area contributed by atoms with E-state index in [1.54, 1.807) is 17.3 Å². The molecule has 6 nitrogen and oxygen atoms in total. The Hall–Kier alpha value is -2.73. The van der Waals surface area contributed by atoms with Gasteiger partial charge in [0.25, 0.3) is 5.91 Å². The van der Waals surface area contributed by atoms with Gasteiger partial charge >= 0.3 is 0 Å². The van der Waals surface area contributed by atoms with Crippen LogP contribution in [0.25, 0.3) is 0 Å². The summed E-state index contributed by atoms with van der Waals surface area (Å²) in [6.07, 6.45) is 9.04. The summed E-state index contributed by atoms with van der Waals surface area (Å²) in [6.45, 7) is 2.70. The highest BCUT2D eigenvalue weighted by Gasteiger charge is 2.52. The van der Waals surface area contributed by atoms with Gasteiger partial charge in [0.15, 0.2) is 0 Å². The minimum Gasteiger partial charge on any atom is -0.353 e. The van der Waals surface area contributed by atoms with Gasteiger partial charge in [-0.15, -0.1) is 0 Å². The second-order valence-corrected chi connectivity index (χ2v) is 8.14. The number of aromatic nitrogens is 1. The van der Waals surface area contributed by atoms with Crippen LogP contribution >= 0.6 is 0 Å². The zero-order valence-electron chi connectivity index (χ0n) is 17.5. The maximum absolute atomic E-state index is 13.6. The highest BCUT2D eigenvalue weighted by molar-refractivity contribution is 5.98. The maximum atomic E-state index is 13.6. The number of nitrogens with zero attached hydrogens (tertiary/aromatic N) is 2. The molecule has 30 heavy (non-hydrogen) atoms. The minimum absolute atomic E-state index is 0.126. The summed E-state index contributed by atoms with van der Waals surface area (Å²) < 4.78 is 6.20. The molecule has 1 unspecified atom stereocenters. The quantitative estimate of drug-likeness (QED) is 0.824. The minimum atomic E-state index is -0.672. The fourth-order valence-electron chi connectivity index (χ4n) is 4.50. The smallest absolute Gasteiger partial charge is 0.256 e. The Morgan fingerprint density at radius 1 is 1.13 bits per heavy atom. The van der Waals surface area contributed by atoms with Crippen LogP contribution in [-0.4, -0.2) is 40.1 Å². The van der Waals surface area contributed by atoms with Crippen molar-refractivity contribution in [3.63, 3.8) is 0 Å². The summed E-state index contributed by atoms with van der Waals surface area (Å²) in [7, 11) is 0. The second kappa shape index (κ2) is 8.96. The van der Waals surface area contributed by atoms with E-state index in [4.69, 9.17) is 4.74 Å². The number of rotatable bonds is 5. The third-order valence-electron chi connectivity index (χ3n) is 6.22. The highest BCUT2D eigenvalue weighted by Crippen LogP contribution is 2.41. The molecule has 1 saturated heterocycles. The number of carbonyl (C=O) groups is 2. The average Bonchev–Trinajstić information content (AvgIpc) is 3.16. The molecule has 1 aromatic carbocycles. The van der Waals surface area contributed by atoms with Crippen molar-refractivity contribution < 1.29 is 14.3 Å². The maximum Gasteiger partial charge on any atom is 0.256 e. The molecule has 4 rings (SSSR count). The number of benzene rings is 1. The molecule has 1 aromatic heterocycles. The van der Waals surface area contributed by atoms with Crippen LogP contribution < -0.4 is 5.32 Å². The first kappa shape index (κ1) is 20.5. The zero-order valence-corrected chi connectivity index (χ0v) is 17.5. The number of pyridine rings is 1. The van der Waals surface area contributed by atoms with Crippen molar-refractivity contribution in [2.75, 3.05) is 6.61 Å². The van der Waals surface area contributed by atoms with E-state index in [1.807, 2.05) is 36.4 Å². The molecule has 1 aliphatic heterocycles. The molecule has 1 atom stereocenters. The molecule has 2 amide bonds. The van der Waals surface area contributed by atoms with Crippen LogP contribution in [0.4, 0.5) is 0 Å². The van der Waals surface area contributed by atoms with E-state index >= 15 is 0 Å². The van der Waals surface area contributed by atoms with Crippen molar-refractivity contribution in [3.05, 3.63) is 65.5 Å². The van der Waals surface area contributed by atoms with Gasteiger partial charge in [0.1, 0.15) is 11.8 Å². The molecule has 158 valence electrons. The second-order valence-electron chi connectivity index (χ2n) is 8.14. The van der Waals surface area contributed by atoms with Crippen molar-refractivity contribution in [1.82, 2.24) is 15.2 Å². The Balaban J connectivity index is 1.56. The number of hydrogen-bond donors (Lipinski definition) is 1. The Kier molecular flexibility index (Phi) is 6.13. The van der Waals surface area contributed by atoms with Crippen LogP contribution in [0.5, 0.6) is 0 Å². The topological polar surface area (TPSA) is 71.5 Å². The fourth-order valence-corrected chi connectivity index (χ4v) is 4.50. The molecule has 1 aliphatic carbocycles. The molecule has 1 saturated carbocycles. The zero-order chi connectivity index (χ0) is 21.0. The van der Waals surface area contributed by atoms with Gasteiger partial charge in [-0.25, -0.2) is 0 Å². The molecular weight excluding hydrogens is 378 g/mol. The van der Waals surface area contributed by atoms with Gasteiger partial charge < -0.3 is 10.1 Å². The van der Waals surface area contributed by atoms with Crippen molar-refractivity contribution in [3.8, 4) is 0 Å². The van der Waals surface area contributed by atoms with Crippen LogP contribution in [0.2, 0.25) is 0 Å². The summed E-state index contributed by atoms with van der Waals surface area (Å²) in [6, 6.07) is 10.8. The van der Waals surface area contributed by atoms with E-state index in [9.17, 15) is 9.59 Å². The number of carbonyl (C=O) groups excluding carboxylic acids is 2. The Bertz CT molecular complexity index is 876. The van der Waals surface area contributed by atoms with Gasteiger partial charge in [-0.05, 0) is 61.4 Å². The summed E-state index contributed by atoms with van der Waals surface area (Å²) in [4.78, 5) is 32.5. The Labute approximate surface area is 177 Å². The summed E-state index contributed by atoms with van der Waals surface area (Å²) >= 11 is 0. The van der Waals surface area contributed by atoms with E-state index in [2.05, 4.69) is 17.2 Å². The molecule has 1 spiro atoms. The van der Waals surface area contributed by atoms with E-state index in [1.165, 1.54) is 5.56 Å². The molecule has 2 fully saturated rings. The molecule has 2 aromatic rings. The van der Waals surface area contributed by atoms with E-state index in [-0.39, 0.29) is 18.4 Å². The highest BCUT2D eigenvalue weighted by atomic mass is 16.5. The lowest BCUT2D eigenvalue weighted by molar-refractivity contribution is -0.127. The molecule has 6 heteroatoms. The molecule has 2 heterocycles. The van der Waals surface area contributed by atoms with Gasteiger partial charge in [0.2, 0.25) is 5.91 Å². The predicted molar refractivity (Wildman–Crippen MR) is 114 cm³/mol. The molecular formula is C24H29N3O3. The Morgan fingerprint density at radius 3 is 2.57 bits per heavy atom. The number of hydrogen-bond acceptors (Lipinski definition) is 4. The van der Waals surface area contributed by atoms with Crippen LogP contribution in [-0.2, 0) is 22.5 Å². The summed E-state index contributed by atoms with van der Waals surface area (Å²) in [5.41, 5.74) is 2.04. The predicted octanol–water partition coefficient (Wildman–Crippen LogP) is 3.46. The van der Waals surface area contributed by atoms with E-state index in [0.29, 0.717) is 12.1 Å².